The average molecular weight is 437 g/mol. The summed E-state index contributed by atoms with van der Waals surface area (Å²) in [5.41, 5.74) is -0.877. The molecule has 0 fully saturated rings. The largest absolute Gasteiger partial charge is 0.300 e. The molecular weight excluding hydrogens is 423 g/mol. The molecule has 7 nitrogen and oxygen atoms in total. The second kappa shape index (κ2) is 6.73. The molecule has 0 aliphatic heterocycles. The van der Waals surface area contributed by atoms with Gasteiger partial charge in [0.05, 0.1) is 5.69 Å². The highest BCUT2D eigenvalue weighted by atomic mass is 79.9. The van der Waals surface area contributed by atoms with Gasteiger partial charge in [0.1, 0.15) is 5.82 Å². The van der Waals surface area contributed by atoms with E-state index in [1.54, 1.807) is 20.8 Å². The minimum atomic E-state index is -4.11. The van der Waals surface area contributed by atoms with E-state index >= 15 is 0 Å². The van der Waals surface area contributed by atoms with E-state index in [1.165, 1.54) is 12.1 Å². The molecule has 2 aromatic rings. The molecule has 1 amide bonds. The second-order valence-corrected chi connectivity index (χ2v) is 9.56. The Bertz CT molecular complexity index is 878. The number of benzene rings is 1. The third-order valence-corrected chi connectivity index (χ3v) is 5.78. The van der Waals surface area contributed by atoms with E-state index in [-0.39, 0.29) is 21.1 Å². The van der Waals surface area contributed by atoms with E-state index < -0.39 is 21.3 Å². The highest BCUT2D eigenvalue weighted by molar-refractivity contribution is 9.10. The Morgan fingerprint density at radius 1 is 1.29 bits per heavy atom. The van der Waals surface area contributed by atoms with Crippen molar-refractivity contribution in [1.29, 1.82) is 0 Å². The number of carbonyl (C=O) groups is 1. The van der Waals surface area contributed by atoms with Crippen molar-refractivity contribution in [2.45, 2.75) is 25.1 Å². The van der Waals surface area contributed by atoms with Crippen molar-refractivity contribution >= 4 is 54.0 Å². The zero-order valence-corrected chi connectivity index (χ0v) is 16.1. The summed E-state index contributed by atoms with van der Waals surface area (Å²) in [6.07, 6.45) is 0. The Morgan fingerprint density at radius 2 is 1.96 bits per heavy atom. The number of halogens is 2. The summed E-state index contributed by atoms with van der Waals surface area (Å²) in [4.78, 5) is 11.9. The van der Waals surface area contributed by atoms with Gasteiger partial charge >= 0.3 is 0 Å². The average Bonchev–Trinajstić information content (AvgIpc) is 2.90. The highest BCUT2D eigenvalue weighted by Crippen LogP contribution is 2.26. The van der Waals surface area contributed by atoms with Gasteiger partial charge in [-0.1, -0.05) is 48.0 Å². The summed E-state index contributed by atoms with van der Waals surface area (Å²) in [7, 11) is -4.11. The van der Waals surface area contributed by atoms with Crippen LogP contribution in [-0.2, 0) is 14.8 Å². The summed E-state index contributed by atoms with van der Waals surface area (Å²) in [5, 5.41) is 9.71. The van der Waals surface area contributed by atoms with E-state index in [2.05, 4.69) is 36.2 Å². The topological polar surface area (TPSA) is 101 Å². The summed E-state index contributed by atoms with van der Waals surface area (Å²) < 4.78 is 40.4. The molecule has 0 spiro atoms. The third-order valence-electron chi connectivity index (χ3n) is 2.71. The number of aromatic nitrogens is 2. The molecule has 24 heavy (non-hydrogen) atoms. The molecule has 2 N–H and O–H groups in total. The highest BCUT2D eigenvalue weighted by Gasteiger charge is 2.25. The number of nitrogens with zero attached hydrogens (tertiary/aromatic N) is 2. The zero-order valence-electron chi connectivity index (χ0n) is 12.9. The van der Waals surface area contributed by atoms with Gasteiger partial charge in [-0.3, -0.25) is 9.52 Å². The van der Waals surface area contributed by atoms with Gasteiger partial charge in [0.25, 0.3) is 14.4 Å². The lowest BCUT2D eigenvalue weighted by molar-refractivity contribution is -0.123. The first-order valence-corrected chi connectivity index (χ1v) is 9.71. The van der Waals surface area contributed by atoms with Crippen LogP contribution in [0.2, 0.25) is 0 Å². The normalized spacial score (nSPS) is 12.0. The first-order chi connectivity index (χ1) is 11.0. The van der Waals surface area contributed by atoms with Crippen LogP contribution >= 0.6 is 27.3 Å². The van der Waals surface area contributed by atoms with Crippen LogP contribution in [0.25, 0.3) is 0 Å². The molecule has 1 heterocycles. The molecule has 11 heteroatoms. The standard InChI is InChI=1S/C13H14BrFN4O3S2/c1-13(2,3)10(20)16-11-17-18-12(23-11)24(21,22)19-9-5-4-7(14)6-8(9)15/h4-6,19H,1-3H3,(H,16,17,20). The number of amides is 1. The fourth-order valence-corrected chi connectivity index (χ4v) is 3.71. The van der Waals surface area contributed by atoms with Crippen LogP contribution in [0, 0.1) is 11.2 Å². The van der Waals surface area contributed by atoms with Gasteiger partial charge in [-0.05, 0) is 18.2 Å². The SMILES string of the molecule is CC(C)(C)C(=O)Nc1nnc(S(=O)(=O)Nc2ccc(Br)cc2F)s1. The van der Waals surface area contributed by atoms with Crippen molar-refractivity contribution in [1.82, 2.24) is 10.2 Å². The van der Waals surface area contributed by atoms with Crippen molar-refractivity contribution in [2.24, 2.45) is 5.41 Å². The fourth-order valence-electron chi connectivity index (χ4n) is 1.41. The van der Waals surface area contributed by atoms with E-state index in [0.717, 1.165) is 6.07 Å². The monoisotopic (exact) mass is 436 g/mol. The molecule has 0 aliphatic rings. The van der Waals surface area contributed by atoms with Crippen molar-refractivity contribution < 1.29 is 17.6 Å². The molecule has 2 rings (SSSR count). The van der Waals surface area contributed by atoms with Crippen LogP contribution in [0.1, 0.15) is 20.8 Å². The maximum atomic E-state index is 13.8. The minimum absolute atomic E-state index is 0.0478. The first-order valence-electron chi connectivity index (χ1n) is 6.62. The molecule has 0 atom stereocenters. The maximum absolute atomic E-state index is 13.8. The van der Waals surface area contributed by atoms with Gasteiger partial charge in [-0.25, -0.2) is 4.39 Å². The predicted octanol–water partition coefficient (Wildman–Crippen LogP) is 3.23. The van der Waals surface area contributed by atoms with Gasteiger partial charge in [-0.2, -0.15) is 8.42 Å². The second-order valence-electron chi connectivity index (χ2n) is 5.81. The summed E-state index contributed by atoms with van der Waals surface area (Å²) in [6, 6.07) is 3.91. The molecule has 130 valence electrons. The zero-order chi connectivity index (χ0) is 18.1. The van der Waals surface area contributed by atoms with Gasteiger partial charge in [0.2, 0.25) is 11.0 Å². The number of hydrogen-bond donors (Lipinski definition) is 2. The Morgan fingerprint density at radius 3 is 2.54 bits per heavy atom. The molecule has 1 aromatic heterocycles. The molecule has 0 radical (unpaired) electrons. The number of sulfonamides is 1. The Labute approximate surface area is 150 Å². The van der Waals surface area contributed by atoms with Crippen molar-refractivity contribution in [3.05, 3.63) is 28.5 Å². The summed E-state index contributed by atoms with van der Waals surface area (Å²) in [6.45, 7) is 5.12. The molecular formula is C13H14BrFN4O3S2. The van der Waals surface area contributed by atoms with Crippen molar-refractivity contribution in [3.8, 4) is 0 Å². The van der Waals surface area contributed by atoms with Gasteiger partial charge in [0, 0.05) is 9.89 Å². The fraction of sp³-hybridized carbons (Fsp3) is 0.308. The molecule has 0 saturated carbocycles. The molecule has 0 aliphatic carbocycles. The van der Waals surface area contributed by atoms with E-state index in [0.29, 0.717) is 15.8 Å². The number of nitrogens with one attached hydrogen (secondary N) is 2. The van der Waals surface area contributed by atoms with Gasteiger partial charge in [0.15, 0.2) is 0 Å². The van der Waals surface area contributed by atoms with Crippen LogP contribution in [-0.4, -0.2) is 24.5 Å². The smallest absolute Gasteiger partial charge is 0.291 e. The van der Waals surface area contributed by atoms with Crippen LogP contribution in [0.5, 0.6) is 0 Å². The summed E-state index contributed by atoms with van der Waals surface area (Å²) in [5.74, 6) is -1.06. The molecule has 1 aromatic carbocycles. The van der Waals surface area contributed by atoms with Gasteiger partial charge in [-0.15, -0.1) is 10.2 Å². The van der Waals surface area contributed by atoms with Crippen LogP contribution in [0.4, 0.5) is 15.2 Å². The lowest BCUT2D eigenvalue weighted by atomic mass is 9.96. The minimum Gasteiger partial charge on any atom is -0.300 e. The Kier molecular flexibility index (Phi) is 5.25. The quantitative estimate of drug-likeness (QED) is 0.716. The molecule has 0 unspecified atom stereocenters. The van der Waals surface area contributed by atoms with E-state index in [1.807, 2.05) is 0 Å². The van der Waals surface area contributed by atoms with E-state index in [9.17, 15) is 17.6 Å². The predicted molar refractivity (Wildman–Crippen MR) is 92.9 cm³/mol. The van der Waals surface area contributed by atoms with Crippen molar-refractivity contribution in [2.75, 3.05) is 10.0 Å². The maximum Gasteiger partial charge on any atom is 0.291 e. The number of anilines is 2. The van der Waals surface area contributed by atoms with Crippen LogP contribution < -0.4 is 10.0 Å². The molecule has 0 bridgehead atoms. The third kappa shape index (κ3) is 4.48. The van der Waals surface area contributed by atoms with Crippen LogP contribution in [0.3, 0.4) is 0 Å². The molecule has 0 saturated heterocycles. The van der Waals surface area contributed by atoms with Crippen LogP contribution in [0.15, 0.2) is 27.0 Å². The lowest BCUT2D eigenvalue weighted by Gasteiger charge is -2.15. The van der Waals surface area contributed by atoms with Crippen molar-refractivity contribution in [3.63, 3.8) is 0 Å². The Hall–Kier alpha value is -1.59. The Balaban J connectivity index is 2.20. The number of rotatable bonds is 4. The van der Waals surface area contributed by atoms with E-state index in [4.69, 9.17) is 0 Å². The number of hydrogen-bond acceptors (Lipinski definition) is 6. The lowest BCUT2D eigenvalue weighted by Crippen LogP contribution is -2.27. The first kappa shape index (κ1) is 18.7. The van der Waals surface area contributed by atoms with Gasteiger partial charge < -0.3 is 5.32 Å². The number of carbonyl (C=O) groups excluding carboxylic acids is 1. The summed E-state index contributed by atoms with van der Waals surface area (Å²) >= 11 is 3.76.